The molecule has 0 radical (unpaired) electrons. The molecule has 2 aliphatic carbocycles. The SMILES string of the molecule is CCc1cc(C2CC2)c(-c2nnc(N)o2)cc1C(=O)N1CCC(c2ccc(C#N)cc2)CC1.CCc1cc(C2CC2)c(C(=O)NN)cc1C(=O)N1CCC(c2ccc(C#N)cc2)CC1. The molecule has 1 aromatic heterocycles. The van der Waals surface area contributed by atoms with E-state index in [1.807, 2.05) is 77.4 Å². The van der Waals surface area contributed by atoms with E-state index in [1.54, 1.807) is 6.07 Å². The number of nitrogens with one attached hydrogen (secondary N) is 1. The molecule has 9 rings (SSSR count). The zero-order valence-electron chi connectivity index (χ0n) is 36.6. The van der Waals surface area contributed by atoms with Crippen molar-refractivity contribution in [3.8, 4) is 23.6 Å². The van der Waals surface area contributed by atoms with Crippen LogP contribution in [0.1, 0.15) is 164 Å². The highest BCUT2D eigenvalue weighted by Crippen LogP contribution is 2.46. The van der Waals surface area contributed by atoms with Crippen LogP contribution in [0.5, 0.6) is 0 Å². The van der Waals surface area contributed by atoms with Gasteiger partial charge in [0.2, 0.25) is 5.89 Å². The van der Waals surface area contributed by atoms with Gasteiger partial charge in [-0.25, -0.2) is 5.84 Å². The van der Waals surface area contributed by atoms with Crippen molar-refractivity contribution in [1.82, 2.24) is 25.4 Å². The Labute approximate surface area is 374 Å². The number of nitrogens with two attached hydrogens (primary N) is 2. The van der Waals surface area contributed by atoms with Crippen LogP contribution < -0.4 is 17.0 Å². The van der Waals surface area contributed by atoms with Crippen molar-refractivity contribution in [3.63, 3.8) is 0 Å². The first-order valence-electron chi connectivity index (χ1n) is 22.6. The maximum Gasteiger partial charge on any atom is 0.313 e. The number of likely N-dealkylation sites (tertiary alicyclic amines) is 2. The maximum absolute atomic E-state index is 13.6. The number of nitriles is 2. The molecule has 4 aliphatic rings. The van der Waals surface area contributed by atoms with Crippen LogP contribution in [0.3, 0.4) is 0 Å². The molecule has 328 valence electrons. The second-order valence-corrected chi connectivity index (χ2v) is 17.5. The minimum absolute atomic E-state index is 0.0106. The van der Waals surface area contributed by atoms with E-state index in [9.17, 15) is 14.4 Å². The number of rotatable bonds is 10. The number of anilines is 1. The lowest BCUT2D eigenvalue weighted by molar-refractivity contribution is 0.0704. The Kier molecular flexibility index (Phi) is 13.2. The number of hydrazine groups is 1. The molecule has 4 fully saturated rings. The van der Waals surface area contributed by atoms with E-state index in [1.165, 1.54) is 16.7 Å². The Hall–Kier alpha value is -6.83. The molecule has 5 N–H and O–H groups in total. The van der Waals surface area contributed by atoms with Gasteiger partial charge in [-0.1, -0.05) is 55.3 Å². The second kappa shape index (κ2) is 19.3. The Bertz CT molecular complexity index is 2600. The second-order valence-electron chi connectivity index (χ2n) is 17.5. The van der Waals surface area contributed by atoms with Crippen LogP contribution in [0.4, 0.5) is 6.01 Å². The minimum Gasteiger partial charge on any atom is -0.404 e. The van der Waals surface area contributed by atoms with Crippen LogP contribution in [0.2, 0.25) is 0 Å². The lowest BCUT2D eigenvalue weighted by atomic mass is 9.88. The molecule has 5 aromatic rings. The monoisotopic (exact) mass is 857 g/mol. The standard InChI is InChI=1S/C26H27N5O2.C25H28N4O2/c1-2-17-13-21(20-7-8-20)23(24-29-30-26(28)33-24)14-22(17)25(32)31-11-9-19(10-12-31)18-5-3-16(15-27)4-6-18;1-2-17-13-21(20-7-8-20)23(24(30)28-27)14-22(17)25(31)29-11-9-19(10-12-29)18-5-3-16(15-26)4-6-18/h3-6,13-14,19-20H,2,7-12H2,1H3,(H2,28,30);3-6,13-14,19-20H,2,7-12,27H2,1H3,(H,28,30). The van der Waals surface area contributed by atoms with Crippen molar-refractivity contribution >= 4 is 23.7 Å². The number of benzene rings is 4. The van der Waals surface area contributed by atoms with E-state index in [0.717, 1.165) is 86.5 Å². The molecular weight excluding hydrogens is 803 g/mol. The molecule has 0 spiro atoms. The maximum atomic E-state index is 13.6. The molecule has 2 aliphatic heterocycles. The third kappa shape index (κ3) is 9.55. The highest BCUT2D eigenvalue weighted by molar-refractivity contribution is 6.02. The predicted octanol–water partition coefficient (Wildman–Crippen LogP) is 8.27. The third-order valence-corrected chi connectivity index (χ3v) is 13.4. The average molecular weight is 858 g/mol. The van der Waals surface area contributed by atoms with E-state index >= 15 is 0 Å². The van der Waals surface area contributed by atoms with Crippen molar-refractivity contribution in [2.75, 3.05) is 31.9 Å². The molecule has 3 heterocycles. The van der Waals surface area contributed by atoms with Gasteiger partial charge in [0.1, 0.15) is 0 Å². The Balaban J connectivity index is 0.000000175. The molecule has 3 amide bonds. The smallest absolute Gasteiger partial charge is 0.313 e. The van der Waals surface area contributed by atoms with Gasteiger partial charge >= 0.3 is 6.01 Å². The highest BCUT2D eigenvalue weighted by atomic mass is 16.4. The molecule has 0 bridgehead atoms. The molecule has 64 heavy (non-hydrogen) atoms. The predicted molar refractivity (Wildman–Crippen MR) is 243 cm³/mol. The Morgan fingerprint density at radius 3 is 1.50 bits per heavy atom. The van der Waals surface area contributed by atoms with E-state index in [-0.39, 0.29) is 23.7 Å². The van der Waals surface area contributed by atoms with E-state index in [0.29, 0.717) is 83.6 Å². The number of carbonyl (C=O) groups is 3. The van der Waals surface area contributed by atoms with Crippen LogP contribution in [-0.4, -0.2) is 63.9 Å². The number of nitrogen functional groups attached to an aromatic ring is 2. The van der Waals surface area contributed by atoms with Gasteiger partial charge in [0.05, 0.1) is 23.3 Å². The number of aromatic nitrogens is 2. The van der Waals surface area contributed by atoms with Gasteiger partial charge in [0.15, 0.2) is 0 Å². The average Bonchev–Trinajstić information content (AvgIpc) is 4.31. The molecule has 2 saturated carbocycles. The first kappa shape index (κ1) is 43.8. The van der Waals surface area contributed by atoms with Crippen molar-refractivity contribution in [3.05, 3.63) is 134 Å². The first-order valence-corrected chi connectivity index (χ1v) is 22.6. The summed E-state index contributed by atoms with van der Waals surface area (Å²) in [6, 6.07) is 27.8. The number of piperidine rings is 2. The Morgan fingerprint density at radius 1 is 0.641 bits per heavy atom. The van der Waals surface area contributed by atoms with E-state index in [2.05, 4.69) is 40.8 Å². The summed E-state index contributed by atoms with van der Waals surface area (Å²) in [5.41, 5.74) is 18.6. The summed E-state index contributed by atoms with van der Waals surface area (Å²) in [6.45, 7) is 6.90. The van der Waals surface area contributed by atoms with E-state index in [4.69, 9.17) is 26.5 Å². The fraction of sp³-hybridized carbons (Fsp3) is 0.392. The van der Waals surface area contributed by atoms with Crippen molar-refractivity contribution < 1.29 is 18.8 Å². The number of hydrogen-bond acceptors (Lipinski definition) is 10. The summed E-state index contributed by atoms with van der Waals surface area (Å²) in [7, 11) is 0. The fourth-order valence-corrected chi connectivity index (χ4v) is 9.41. The zero-order valence-corrected chi connectivity index (χ0v) is 36.6. The zero-order chi connectivity index (χ0) is 44.9. The van der Waals surface area contributed by atoms with Gasteiger partial charge in [0, 0.05) is 48.4 Å². The number of carbonyl (C=O) groups excluding carboxylic acids is 3. The summed E-state index contributed by atoms with van der Waals surface area (Å²) in [5.74, 6) is 7.16. The molecule has 13 heteroatoms. The molecule has 0 unspecified atom stereocenters. The fourth-order valence-electron chi connectivity index (χ4n) is 9.41. The van der Waals surface area contributed by atoms with Crippen molar-refractivity contribution in [1.29, 1.82) is 10.5 Å². The molecule has 4 aromatic carbocycles. The van der Waals surface area contributed by atoms with Crippen molar-refractivity contribution in [2.24, 2.45) is 5.84 Å². The van der Waals surface area contributed by atoms with Gasteiger partial charge in [-0.2, -0.15) is 10.5 Å². The molecular formula is C51H55N9O4. The lowest BCUT2D eigenvalue weighted by Crippen LogP contribution is -2.38. The number of aryl methyl sites for hydroxylation is 2. The summed E-state index contributed by atoms with van der Waals surface area (Å²) in [5, 5.41) is 25.9. The van der Waals surface area contributed by atoms with Gasteiger partial charge in [0.25, 0.3) is 17.7 Å². The quantitative estimate of drug-likeness (QED) is 0.0696. The summed E-state index contributed by atoms with van der Waals surface area (Å²) in [4.78, 5) is 43.2. The third-order valence-electron chi connectivity index (χ3n) is 13.4. The minimum atomic E-state index is -0.335. The first-order chi connectivity index (χ1) is 31.1. The molecule has 0 atom stereocenters. The van der Waals surface area contributed by atoms with Gasteiger partial charge in [-0.15, -0.1) is 5.10 Å². The van der Waals surface area contributed by atoms with Crippen molar-refractivity contribution in [2.45, 2.75) is 102 Å². The normalized spacial score (nSPS) is 16.6. The van der Waals surface area contributed by atoms with Crippen LogP contribution in [0.25, 0.3) is 11.5 Å². The van der Waals surface area contributed by atoms with Crippen LogP contribution in [0.15, 0.2) is 77.2 Å². The number of amides is 3. The lowest BCUT2D eigenvalue weighted by Gasteiger charge is -2.33. The number of hydrogen-bond donors (Lipinski definition) is 3. The molecule has 2 saturated heterocycles. The van der Waals surface area contributed by atoms with Gasteiger partial charge in [-0.05, 0) is 158 Å². The van der Waals surface area contributed by atoms with Crippen LogP contribution in [0, 0.1) is 22.7 Å². The topological polar surface area (TPSA) is 208 Å². The summed E-state index contributed by atoms with van der Waals surface area (Å²) >= 11 is 0. The van der Waals surface area contributed by atoms with Crippen LogP contribution in [-0.2, 0) is 12.8 Å². The number of nitrogens with zero attached hydrogens (tertiary/aromatic N) is 6. The van der Waals surface area contributed by atoms with Gasteiger partial charge < -0.3 is 20.0 Å². The summed E-state index contributed by atoms with van der Waals surface area (Å²) < 4.78 is 5.53. The van der Waals surface area contributed by atoms with Gasteiger partial charge in [-0.3, -0.25) is 19.8 Å². The largest absolute Gasteiger partial charge is 0.404 e. The van der Waals surface area contributed by atoms with Crippen LogP contribution >= 0.6 is 0 Å². The summed E-state index contributed by atoms with van der Waals surface area (Å²) in [6.07, 6.45) is 9.53. The molecule has 13 nitrogen and oxygen atoms in total. The Morgan fingerprint density at radius 2 is 1.09 bits per heavy atom. The highest BCUT2D eigenvalue weighted by Gasteiger charge is 2.34. The van der Waals surface area contributed by atoms with E-state index < -0.39 is 0 Å².